The highest BCUT2D eigenvalue weighted by Gasteiger charge is 2.37. The van der Waals surface area contributed by atoms with Crippen LogP contribution in [-0.2, 0) is 4.74 Å². The van der Waals surface area contributed by atoms with Gasteiger partial charge in [-0.2, -0.15) is 0 Å². The predicted molar refractivity (Wildman–Crippen MR) is 224 cm³/mol. The third kappa shape index (κ3) is 22.4. The van der Waals surface area contributed by atoms with Gasteiger partial charge in [-0.3, -0.25) is 0 Å². The molecule has 0 radical (unpaired) electrons. The first-order valence-electron chi connectivity index (χ1n) is 22.5. The third-order valence-electron chi connectivity index (χ3n) is 10.4. The fraction of sp³-hybridized carbons (Fsp3) is 0.804. The summed E-state index contributed by atoms with van der Waals surface area (Å²) in [6, 6.07) is 0. The molecule has 0 bridgehead atoms. The van der Waals surface area contributed by atoms with Crippen LogP contribution in [0.1, 0.15) is 244 Å². The van der Waals surface area contributed by atoms with Crippen molar-refractivity contribution in [2.24, 2.45) is 0 Å². The zero-order chi connectivity index (χ0) is 40.4. The number of hydrogen-bond donors (Lipinski definition) is 2. The van der Waals surface area contributed by atoms with Crippen LogP contribution in [0, 0.1) is 0 Å². The van der Waals surface area contributed by atoms with E-state index in [-0.39, 0.29) is 42.6 Å². The number of carbonyl (C=O) groups excluding carboxylic acids is 1. The molecule has 0 heterocycles. The Labute approximate surface area is 335 Å². The Morgan fingerprint density at radius 3 is 0.800 bits per heavy atom. The quantitative estimate of drug-likeness (QED) is 0.0496. The van der Waals surface area contributed by atoms with Gasteiger partial charge in [-0.1, -0.05) is 194 Å². The fourth-order valence-electron chi connectivity index (χ4n) is 7.08. The summed E-state index contributed by atoms with van der Waals surface area (Å²) < 4.78 is 23.4. The number of unbranched alkanes of at least 4 members (excludes halogenated alkanes) is 27. The standard InChI is InChI=1S/C46H80O9/c1-5-8-11-14-17-20-23-26-29-32-35-53-41-38(44(47)48)42(54-36-33-30-27-24-21-18-15-12-9-6-2)40(46(51)52-4)43(39(41)45(49)50)55-37-34-31-28-25-22-19-16-13-10-7-3/h5-37H2,1-4H3,(H,47,48)(H,49,50). The van der Waals surface area contributed by atoms with Gasteiger partial charge in [-0.15, -0.1) is 0 Å². The summed E-state index contributed by atoms with van der Waals surface area (Å²) in [7, 11) is 1.18. The van der Waals surface area contributed by atoms with E-state index in [2.05, 4.69) is 20.8 Å². The summed E-state index contributed by atoms with van der Waals surface area (Å²) in [5.74, 6) is -4.63. The fourth-order valence-corrected chi connectivity index (χ4v) is 7.08. The molecular weight excluding hydrogens is 696 g/mol. The maximum absolute atomic E-state index is 13.4. The molecule has 1 rings (SSSR count). The third-order valence-corrected chi connectivity index (χ3v) is 10.4. The zero-order valence-electron chi connectivity index (χ0n) is 35.6. The number of carboxylic acid groups (broad SMARTS) is 2. The van der Waals surface area contributed by atoms with Crippen LogP contribution < -0.4 is 14.2 Å². The van der Waals surface area contributed by atoms with Crippen LogP contribution in [0.15, 0.2) is 0 Å². The van der Waals surface area contributed by atoms with Gasteiger partial charge in [0.05, 0.1) is 26.9 Å². The maximum atomic E-state index is 13.4. The van der Waals surface area contributed by atoms with E-state index in [0.29, 0.717) is 19.3 Å². The first-order chi connectivity index (χ1) is 26.8. The van der Waals surface area contributed by atoms with Crippen molar-refractivity contribution in [1.29, 1.82) is 0 Å². The lowest BCUT2D eigenvalue weighted by molar-refractivity contribution is 0.0589. The number of carboxylic acids is 2. The molecule has 0 atom stereocenters. The number of rotatable bonds is 39. The summed E-state index contributed by atoms with van der Waals surface area (Å²) in [4.78, 5) is 39.2. The molecule has 0 amide bonds. The molecule has 2 N–H and O–H groups in total. The molecule has 0 fully saturated rings. The average molecular weight is 777 g/mol. The van der Waals surface area contributed by atoms with Gasteiger partial charge in [0.25, 0.3) is 0 Å². The summed E-state index contributed by atoms with van der Waals surface area (Å²) in [5, 5.41) is 21.0. The van der Waals surface area contributed by atoms with Crippen LogP contribution in [-0.4, -0.2) is 55.1 Å². The molecule has 0 aliphatic carbocycles. The molecular formula is C46H80O9. The highest BCUT2D eigenvalue weighted by Crippen LogP contribution is 2.45. The van der Waals surface area contributed by atoms with E-state index in [1.807, 2.05) is 0 Å². The minimum atomic E-state index is -1.44. The van der Waals surface area contributed by atoms with E-state index in [1.165, 1.54) is 123 Å². The molecule has 0 saturated carbocycles. The minimum Gasteiger partial charge on any atom is -0.491 e. The van der Waals surface area contributed by atoms with E-state index in [9.17, 15) is 24.6 Å². The Kier molecular flexibility index (Phi) is 31.2. The van der Waals surface area contributed by atoms with Crippen molar-refractivity contribution in [1.82, 2.24) is 0 Å². The summed E-state index contributed by atoms with van der Waals surface area (Å²) in [5.41, 5.74) is -1.28. The SMILES string of the molecule is CCCCCCCCCCCCOc1c(C(=O)O)c(OCCCCCCCCCCCC)c(C(=O)OC)c(OCCCCCCCCCCCC)c1C(=O)O. The minimum absolute atomic E-state index is 0.129. The number of carbonyl (C=O) groups is 3. The van der Waals surface area contributed by atoms with Crippen LogP contribution in [0.5, 0.6) is 17.2 Å². The van der Waals surface area contributed by atoms with Crippen molar-refractivity contribution in [3.8, 4) is 17.2 Å². The largest absolute Gasteiger partial charge is 0.491 e. The predicted octanol–water partition coefficient (Wildman–Crippen LogP) is 13.8. The van der Waals surface area contributed by atoms with Crippen LogP contribution in [0.2, 0.25) is 0 Å². The lowest BCUT2D eigenvalue weighted by Gasteiger charge is -2.22. The van der Waals surface area contributed by atoms with E-state index in [1.54, 1.807) is 0 Å². The van der Waals surface area contributed by atoms with Crippen molar-refractivity contribution in [3.05, 3.63) is 16.7 Å². The number of methoxy groups -OCH3 is 1. The summed E-state index contributed by atoms with van der Waals surface area (Å²) in [6.07, 6.45) is 33.6. The molecule has 0 spiro atoms. The Morgan fingerprint density at radius 2 is 0.582 bits per heavy atom. The number of hydrogen-bond acceptors (Lipinski definition) is 7. The lowest BCUT2D eigenvalue weighted by atomic mass is 9.99. The van der Waals surface area contributed by atoms with Crippen LogP contribution in [0.4, 0.5) is 0 Å². The maximum Gasteiger partial charge on any atom is 0.345 e. The van der Waals surface area contributed by atoms with Crippen LogP contribution >= 0.6 is 0 Å². The zero-order valence-corrected chi connectivity index (χ0v) is 35.6. The molecule has 0 aliphatic heterocycles. The molecule has 0 saturated heterocycles. The van der Waals surface area contributed by atoms with E-state index in [4.69, 9.17) is 18.9 Å². The topological polar surface area (TPSA) is 129 Å². The number of ether oxygens (including phenoxy) is 4. The molecule has 1 aromatic carbocycles. The molecule has 1 aromatic rings. The lowest BCUT2D eigenvalue weighted by Crippen LogP contribution is -2.20. The second kappa shape index (κ2) is 34.3. The molecule has 9 heteroatoms. The first-order valence-corrected chi connectivity index (χ1v) is 22.5. The number of esters is 1. The summed E-state index contributed by atoms with van der Waals surface area (Å²) >= 11 is 0. The highest BCUT2D eigenvalue weighted by molar-refractivity contribution is 6.10. The molecule has 0 unspecified atom stereocenters. The van der Waals surface area contributed by atoms with Gasteiger partial charge in [-0.25, -0.2) is 14.4 Å². The number of aromatic carboxylic acids is 2. The molecule has 0 aliphatic rings. The smallest absolute Gasteiger partial charge is 0.345 e. The van der Waals surface area contributed by atoms with Gasteiger partial charge in [0, 0.05) is 0 Å². The van der Waals surface area contributed by atoms with E-state index >= 15 is 0 Å². The molecule has 55 heavy (non-hydrogen) atoms. The molecule has 0 aromatic heterocycles. The number of benzene rings is 1. The van der Waals surface area contributed by atoms with Gasteiger partial charge in [0.1, 0.15) is 16.7 Å². The molecule has 318 valence electrons. The average Bonchev–Trinajstić information content (AvgIpc) is 3.17. The molecule has 9 nitrogen and oxygen atoms in total. The van der Waals surface area contributed by atoms with Crippen molar-refractivity contribution in [3.63, 3.8) is 0 Å². The van der Waals surface area contributed by atoms with Gasteiger partial charge in [-0.05, 0) is 19.3 Å². The van der Waals surface area contributed by atoms with E-state index in [0.717, 1.165) is 57.8 Å². The first kappa shape index (κ1) is 50.0. The van der Waals surface area contributed by atoms with Crippen molar-refractivity contribution < 1.29 is 43.5 Å². The van der Waals surface area contributed by atoms with Crippen LogP contribution in [0.3, 0.4) is 0 Å². The monoisotopic (exact) mass is 777 g/mol. The second-order valence-corrected chi connectivity index (χ2v) is 15.3. The summed E-state index contributed by atoms with van der Waals surface area (Å²) in [6.45, 7) is 7.10. The van der Waals surface area contributed by atoms with Gasteiger partial charge >= 0.3 is 17.9 Å². The van der Waals surface area contributed by atoms with Crippen molar-refractivity contribution in [2.75, 3.05) is 26.9 Å². The Hall–Kier alpha value is -2.97. The Balaban J connectivity index is 3.15. The van der Waals surface area contributed by atoms with Crippen molar-refractivity contribution >= 4 is 17.9 Å². The van der Waals surface area contributed by atoms with Gasteiger partial charge in [0.2, 0.25) is 0 Å². The Bertz CT molecular complexity index is 1080. The van der Waals surface area contributed by atoms with Crippen molar-refractivity contribution in [2.45, 2.75) is 213 Å². The normalized spacial score (nSPS) is 11.1. The van der Waals surface area contributed by atoms with Gasteiger partial charge < -0.3 is 29.2 Å². The second-order valence-electron chi connectivity index (χ2n) is 15.3. The Morgan fingerprint density at radius 1 is 0.364 bits per heavy atom. The van der Waals surface area contributed by atoms with E-state index < -0.39 is 29.0 Å². The van der Waals surface area contributed by atoms with Crippen LogP contribution in [0.25, 0.3) is 0 Å². The van der Waals surface area contributed by atoms with Gasteiger partial charge in [0.15, 0.2) is 17.2 Å². The highest BCUT2D eigenvalue weighted by atomic mass is 16.5.